The summed E-state index contributed by atoms with van der Waals surface area (Å²) in [4.78, 5) is 4.15. The Balaban J connectivity index is 1.72. The fraction of sp³-hybridized carbons (Fsp3) is 0.316. The molecule has 1 N–H and O–H groups in total. The molecule has 0 saturated carbocycles. The number of halogens is 1. The van der Waals surface area contributed by atoms with Crippen LogP contribution in [0, 0.1) is 6.92 Å². The molecule has 160 valence electrons. The molecule has 1 aliphatic heterocycles. The van der Waals surface area contributed by atoms with E-state index in [0.717, 1.165) is 19.3 Å². The summed E-state index contributed by atoms with van der Waals surface area (Å²) in [6.07, 6.45) is 4.18. The van der Waals surface area contributed by atoms with Crippen molar-refractivity contribution in [2.75, 3.05) is 17.8 Å². The predicted molar refractivity (Wildman–Crippen MR) is 115 cm³/mol. The maximum absolute atomic E-state index is 13.1. The van der Waals surface area contributed by atoms with E-state index >= 15 is 0 Å². The summed E-state index contributed by atoms with van der Waals surface area (Å²) >= 11 is 6.10. The van der Waals surface area contributed by atoms with E-state index in [2.05, 4.69) is 9.71 Å². The van der Waals surface area contributed by atoms with E-state index in [1.54, 1.807) is 37.4 Å². The molecule has 0 aliphatic carbocycles. The molecule has 3 heterocycles. The number of sulfonamides is 2. The normalized spacial score (nSPS) is 16.1. The molecule has 1 saturated heterocycles. The molecule has 30 heavy (non-hydrogen) atoms. The molecule has 0 atom stereocenters. The van der Waals surface area contributed by atoms with Crippen LogP contribution in [0.25, 0.3) is 5.65 Å². The predicted octanol–water partition coefficient (Wildman–Crippen LogP) is 3.27. The van der Waals surface area contributed by atoms with Crippen LogP contribution in [-0.2, 0) is 20.0 Å². The highest BCUT2D eigenvalue weighted by atomic mass is 35.5. The van der Waals surface area contributed by atoms with E-state index in [1.807, 2.05) is 0 Å². The third-order valence-corrected chi connectivity index (χ3v) is 8.89. The van der Waals surface area contributed by atoms with Gasteiger partial charge in [-0.3, -0.25) is 9.12 Å². The number of benzene rings is 1. The van der Waals surface area contributed by atoms with Crippen LogP contribution in [0.1, 0.15) is 24.8 Å². The highest BCUT2D eigenvalue weighted by molar-refractivity contribution is 7.92. The van der Waals surface area contributed by atoms with Crippen LogP contribution >= 0.6 is 11.6 Å². The maximum atomic E-state index is 13.1. The minimum Gasteiger partial charge on any atom is -0.288 e. The van der Waals surface area contributed by atoms with Gasteiger partial charge in [0.2, 0.25) is 10.0 Å². The first-order chi connectivity index (χ1) is 14.2. The van der Waals surface area contributed by atoms with E-state index in [-0.39, 0.29) is 20.8 Å². The number of hydrogen-bond acceptors (Lipinski definition) is 5. The summed E-state index contributed by atoms with van der Waals surface area (Å²) in [5.41, 5.74) is 1.08. The zero-order valence-corrected chi connectivity index (χ0v) is 18.6. The Kier molecular flexibility index (Phi) is 5.52. The van der Waals surface area contributed by atoms with Gasteiger partial charge in [-0.25, -0.2) is 13.4 Å². The topological polar surface area (TPSA) is 101 Å². The summed E-state index contributed by atoms with van der Waals surface area (Å²) in [6.45, 7) is 2.63. The number of pyridine rings is 1. The van der Waals surface area contributed by atoms with Crippen molar-refractivity contribution in [3.8, 4) is 0 Å². The van der Waals surface area contributed by atoms with E-state index in [9.17, 15) is 16.8 Å². The first-order valence-electron chi connectivity index (χ1n) is 9.46. The lowest BCUT2D eigenvalue weighted by Gasteiger charge is -2.26. The van der Waals surface area contributed by atoms with Gasteiger partial charge in [-0.05, 0) is 49.6 Å². The molecule has 3 aromatic rings. The number of anilines is 1. The van der Waals surface area contributed by atoms with Gasteiger partial charge in [0.1, 0.15) is 5.65 Å². The van der Waals surface area contributed by atoms with Crippen molar-refractivity contribution < 1.29 is 16.8 Å². The largest absolute Gasteiger partial charge is 0.288 e. The molecular weight excluding hydrogens is 448 g/mol. The van der Waals surface area contributed by atoms with Crippen molar-refractivity contribution in [1.29, 1.82) is 0 Å². The number of rotatable bonds is 5. The number of fused-ring (bicyclic) bond motifs is 1. The van der Waals surface area contributed by atoms with Gasteiger partial charge >= 0.3 is 0 Å². The summed E-state index contributed by atoms with van der Waals surface area (Å²) in [5, 5.41) is -0.372. The van der Waals surface area contributed by atoms with Crippen LogP contribution in [0.4, 0.5) is 5.69 Å². The Morgan fingerprint density at radius 1 is 1.03 bits per heavy atom. The summed E-state index contributed by atoms with van der Waals surface area (Å²) in [7, 11) is -7.83. The zero-order chi connectivity index (χ0) is 21.5. The molecule has 0 unspecified atom stereocenters. The summed E-state index contributed by atoms with van der Waals surface area (Å²) < 4.78 is 57.5. The zero-order valence-electron chi connectivity index (χ0n) is 16.2. The highest BCUT2D eigenvalue weighted by Crippen LogP contribution is 2.29. The van der Waals surface area contributed by atoms with Gasteiger partial charge in [-0.1, -0.05) is 30.2 Å². The molecule has 1 aliphatic rings. The fourth-order valence-corrected chi connectivity index (χ4v) is 7.04. The second kappa shape index (κ2) is 7.84. The molecule has 0 bridgehead atoms. The lowest BCUT2D eigenvalue weighted by Crippen LogP contribution is -2.36. The van der Waals surface area contributed by atoms with E-state index < -0.39 is 20.0 Å². The molecule has 2 aromatic heterocycles. The average molecular weight is 469 g/mol. The standard InChI is InChI=1S/C19H21ClN4O4S2/c1-14-8-9-15(13-16(14)30(27,28)23-10-4-2-5-11-23)22-29(25,26)19-18(20)21-17-7-3-6-12-24(17)19/h3,6-9,12-13,22H,2,4-5,10-11H2,1H3. The quantitative estimate of drug-likeness (QED) is 0.619. The Labute approximate surface area is 180 Å². The van der Waals surface area contributed by atoms with Gasteiger partial charge in [0.05, 0.1) is 10.6 Å². The first kappa shape index (κ1) is 21.1. The fourth-order valence-electron chi connectivity index (χ4n) is 3.57. The number of nitrogens with zero attached hydrogens (tertiary/aromatic N) is 3. The molecule has 8 nitrogen and oxygen atoms in total. The van der Waals surface area contributed by atoms with Crippen LogP contribution in [0.3, 0.4) is 0 Å². The average Bonchev–Trinajstić information content (AvgIpc) is 3.06. The van der Waals surface area contributed by atoms with Gasteiger partial charge < -0.3 is 0 Å². The Bertz CT molecular complexity index is 1310. The molecule has 1 aromatic carbocycles. The Morgan fingerprint density at radius 3 is 2.50 bits per heavy atom. The molecule has 1 fully saturated rings. The van der Waals surface area contributed by atoms with Gasteiger partial charge in [0, 0.05) is 19.3 Å². The summed E-state index contributed by atoms with van der Waals surface area (Å²) in [6, 6.07) is 9.50. The van der Waals surface area contributed by atoms with Crippen molar-refractivity contribution in [2.24, 2.45) is 0 Å². The minimum absolute atomic E-state index is 0.0915. The molecular formula is C19H21ClN4O4S2. The molecule has 11 heteroatoms. The van der Waals surface area contributed by atoms with Crippen LogP contribution in [0.2, 0.25) is 5.15 Å². The highest BCUT2D eigenvalue weighted by Gasteiger charge is 2.29. The Morgan fingerprint density at radius 2 is 1.77 bits per heavy atom. The maximum Gasteiger partial charge on any atom is 0.281 e. The number of aryl methyl sites for hydroxylation is 1. The van der Waals surface area contributed by atoms with Gasteiger partial charge in [0.25, 0.3) is 10.0 Å². The Hall–Kier alpha value is -2.14. The SMILES string of the molecule is Cc1ccc(NS(=O)(=O)c2c(Cl)nc3ccccn23)cc1S(=O)(=O)N1CCCCC1. The second-order valence-electron chi connectivity index (χ2n) is 7.19. The van der Waals surface area contributed by atoms with E-state index in [1.165, 1.54) is 20.8 Å². The number of imidazole rings is 1. The lowest BCUT2D eigenvalue weighted by atomic mass is 10.2. The number of hydrogen-bond donors (Lipinski definition) is 1. The van der Waals surface area contributed by atoms with Crippen molar-refractivity contribution in [1.82, 2.24) is 13.7 Å². The van der Waals surface area contributed by atoms with Crippen LogP contribution in [0.5, 0.6) is 0 Å². The van der Waals surface area contributed by atoms with Crippen LogP contribution < -0.4 is 4.72 Å². The van der Waals surface area contributed by atoms with Crippen molar-refractivity contribution in [2.45, 2.75) is 36.1 Å². The molecule has 0 spiro atoms. The van der Waals surface area contributed by atoms with E-state index in [0.29, 0.717) is 24.3 Å². The minimum atomic E-state index is -4.12. The number of piperidine rings is 1. The number of nitrogens with one attached hydrogen (secondary N) is 1. The molecule has 0 amide bonds. The van der Waals surface area contributed by atoms with Crippen molar-refractivity contribution >= 4 is 43.0 Å². The number of aromatic nitrogens is 2. The van der Waals surface area contributed by atoms with Gasteiger partial charge in [-0.15, -0.1) is 0 Å². The smallest absolute Gasteiger partial charge is 0.281 e. The van der Waals surface area contributed by atoms with Gasteiger partial charge in [0.15, 0.2) is 10.2 Å². The van der Waals surface area contributed by atoms with Crippen molar-refractivity contribution in [3.63, 3.8) is 0 Å². The molecule has 4 rings (SSSR count). The third kappa shape index (κ3) is 3.80. The summed E-state index contributed by atoms with van der Waals surface area (Å²) in [5.74, 6) is 0. The third-order valence-electron chi connectivity index (χ3n) is 5.07. The van der Waals surface area contributed by atoms with E-state index in [4.69, 9.17) is 11.6 Å². The van der Waals surface area contributed by atoms with Crippen LogP contribution in [0.15, 0.2) is 52.5 Å². The first-order valence-corrected chi connectivity index (χ1v) is 12.8. The van der Waals surface area contributed by atoms with Crippen LogP contribution in [-0.4, -0.2) is 43.6 Å². The lowest BCUT2D eigenvalue weighted by molar-refractivity contribution is 0.346. The second-order valence-corrected chi connectivity index (χ2v) is 11.0. The van der Waals surface area contributed by atoms with Crippen molar-refractivity contribution in [3.05, 3.63) is 53.3 Å². The molecule has 0 radical (unpaired) electrons. The van der Waals surface area contributed by atoms with Gasteiger partial charge in [-0.2, -0.15) is 12.7 Å². The monoisotopic (exact) mass is 468 g/mol.